The number of nitrogens with one attached hydrogen (secondary N) is 1. The average Bonchev–Trinajstić information content (AvgIpc) is 2.82. The second-order valence-corrected chi connectivity index (χ2v) is 8.70. The van der Waals surface area contributed by atoms with Crippen molar-refractivity contribution in [2.24, 2.45) is 5.92 Å². The summed E-state index contributed by atoms with van der Waals surface area (Å²) in [6, 6.07) is 3.95. The highest BCUT2D eigenvalue weighted by Gasteiger charge is 2.38. The third-order valence-corrected chi connectivity index (χ3v) is 6.14. The summed E-state index contributed by atoms with van der Waals surface area (Å²) in [6.07, 6.45) is 3.77. The van der Waals surface area contributed by atoms with Gasteiger partial charge in [-0.3, -0.25) is 4.79 Å². The van der Waals surface area contributed by atoms with Crippen LogP contribution in [0.15, 0.2) is 24.4 Å². The van der Waals surface area contributed by atoms with E-state index in [2.05, 4.69) is 5.32 Å². The Morgan fingerprint density at radius 3 is 2.50 bits per heavy atom. The molecule has 0 bridgehead atoms. The molecule has 5 nitrogen and oxygen atoms in total. The molecule has 1 aromatic carbocycles. The van der Waals surface area contributed by atoms with Gasteiger partial charge in [-0.05, 0) is 30.9 Å². The summed E-state index contributed by atoms with van der Waals surface area (Å²) in [5, 5.41) is 13.1. The molecule has 2 heterocycles. The Bertz CT molecular complexity index is 910. The van der Waals surface area contributed by atoms with Crippen LogP contribution in [0, 0.1) is 5.92 Å². The number of carbonyl (C=O) groups excluding carboxylic acids is 1. The highest BCUT2D eigenvalue weighted by molar-refractivity contribution is 6.03. The number of halogens is 3. The SMILES string of the molecule is O=C(CC1CCCCCC1)Nc1cn(CC2(O)COC2)c2cccc(C(F)(F)F)c12. The molecule has 1 aromatic heterocycles. The van der Waals surface area contributed by atoms with Gasteiger partial charge in [-0.15, -0.1) is 0 Å². The van der Waals surface area contributed by atoms with Gasteiger partial charge >= 0.3 is 6.18 Å². The van der Waals surface area contributed by atoms with Gasteiger partial charge in [0.1, 0.15) is 5.60 Å². The van der Waals surface area contributed by atoms with Crippen molar-refractivity contribution in [3.05, 3.63) is 30.0 Å². The molecule has 30 heavy (non-hydrogen) atoms. The Labute approximate surface area is 173 Å². The number of alkyl halides is 3. The first-order valence-corrected chi connectivity index (χ1v) is 10.5. The third-order valence-electron chi connectivity index (χ3n) is 6.14. The van der Waals surface area contributed by atoms with Crippen LogP contribution >= 0.6 is 0 Å². The Hall–Kier alpha value is -2.06. The van der Waals surface area contributed by atoms with Gasteiger partial charge in [0.15, 0.2) is 0 Å². The summed E-state index contributed by atoms with van der Waals surface area (Å²) in [5.74, 6) is 0.0133. The maximum absolute atomic E-state index is 13.7. The molecule has 0 unspecified atom stereocenters. The van der Waals surface area contributed by atoms with E-state index in [-0.39, 0.29) is 42.7 Å². The van der Waals surface area contributed by atoms with E-state index in [1.165, 1.54) is 25.1 Å². The monoisotopic (exact) mass is 424 g/mol. The summed E-state index contributed by atoms with van der Waals surface area (Å²) in [5.41, 5.74) is -1.43. The van der Waals surface area contributed by atoms with Crippen LogP contribution in [-0.4, -0.2) is 34.4 Å². The number of carbonyl (C=O) groups is 1. The Morgan fingerprint density at radius 1 is 1.20 bits per heavy atom. The minimum Gasteiger partial charge on any atom is -0.383 e. The molecular formula is C22H27F3N2O3. The molecule has 2 aromatic rings. The summed E-state index contributed by atoms with van der Waals surface area (Å²) >= 11 is 0. The Balaban J connectivity index is 1.64. The van der Waals surface area contributed by atoms with E-state index in [9.17, 15) is 23.1 Å². The van der Waals surface area contributed by atoms with E-state index in [4.69, 9.17) is 4.74 Å². The molecule has 4 rings (SSSR count). The number of hydrogen-bond donors (Lipinski definition) is 2. The quantitative estimate of drug-likeness (QED) is 0.683. The van der Waals surface area contributed by atoms with Crippen LogP contribution in [0.3, 0.4) is 0 Å². The summed E-state index contributed by atoms with van der Waals surface area (Å²) in [6.45, 7) is 0.368. The smallest absolute Gasteiger partial charge is 0.383 e. The molecule has 164 valence electrons. The van der Waals surface area contributed by atoms with Crippen LogP contribution in [0.25, 0.3) is 10.9 Å². The summed E-state index contributed by atoms with van der Waals surface area (Å²) in [4.78, 5) is 12.7. The van der Waals surface area contributed by atoms with Crippen LogP contribution in [0.1, 0.15) is 50.5 Å². The van der Waals surface area contributed by atoms with Gasteiger partial charge in [0, 0.05) is 18.0 Å². The maximum atomic E-state index is 13.7. The lowest BCUT2D eigenvalue weighted by molar-refractivity contribution is -0.184. The fourth-order valence-electron chi connectivity index (χ4n) is 4.59. The van der Waals surface area contributed by atoms with Gasteiger partial charge < -0.3 is 19.7 Å². The number of nitrogens with zero attached hydrogens (tertiary/aromatic N) is 1. The van der Waals surface area contributed by atoms with Crippen molar-refractivity contribution in [2.75, 3.05) is 18.5 Å². The fourth-order valence-corrected chi connectivity index (χ4v) is 4.59. The lowest BCUT2D eigenvalue weighted by Crippen LogP contribution is -2.52. The van der Waals surface area contributed by atoms with Crippen molar-refractivity contribution in [3.63, 3.8) is 0 Å². The van der Waals surface area contributed by atoms with E-state index in [1.807, 2.05) is 0 Å². The molecule has 8 heteroatoms. The first-order chi connectivity index (χ1) is 14.3. The maximum Gasteiger partial charge on any atom is 0.417 e. The molecule has 2 N–H and O–H groups in total. The van der Waals surface area contributed by atoms with Crippen molar-refractivity contribution in [3.8, 4) is 0 Å². The van der Waals surface area contributed by atoms with Crippen LogP contribution in [0.4, 0.5) is 18.9 Å². The molecule has 1 saturated carbocycles. The van der Waals surface area contributed by atoms with Gasteiger partial charge in [0.2, 0.25) is 5.91 Å². The van der Waals surface area contributed by atoms with Gasteiger partial charge in [-0.2, -0.15) is 13.2 Å². The zero-order valence-corrected chi connectivity index (χ0v) is 16.8. The van der Waals surface area contributed by atoms with Crippen molar-refractivity contribution >= 4 is 22.5 Å². The number of anilines is 1. The van der Waals surface area contributed by atoms with E-state index >= 15 is 0 Å². The third kappa shape index (κ3) is 4.49. The van der Waals surface area contributed by atoms with Crippen molar-refractivity contribution in [1.82, 2.24) is 4.57 Å². The molecule has 1 aliphatic carbocycles. The lowest BCUT2D eigenvalue weighted by Gasteiger charge is -2.36. The van der Waals surface area contributed by atoms with E-state index < -0.39 is 17.3 Å². The van der Waals surface area contributed by atoms with Crippen LogP contribution in [0.2, 0.25) is 0 Å². The zero-order chi connectivity index (χ0) is 21.4. The lowest BCUT2D eigenvalue weighted by atomic mass is 9.96. The van der Waals surface area contributed by atoms with Crippen LogP contribution in [0.5, 0.6) is 0 Å². The minimum absolute atomic E-state index is 0.0388. The average molecular weight is 424 g/mol. The predicted molar refractivity (Wildman–Crippen MR) is 107 cm³/mol. The molecule has 1 saturated heterocycles. The zero-order valence-electron chi connectivity index (χ0n) is 16.8. The van der Waals surface area contributed by atoms with Gasteiger partial charge in [-0.25, -0.2) is 0 Å². The fraction of sp³-hybridized carbons (Fsp3) is 0.591. The van der Waals surface area contributed by atoms with Crippen LogP contribution < -0.4 is 5.32 Å². The number of amides is 1. The molecule has 0 atom stereocenters. The molecule has 1 amide bonds. The number of ether oxygens (including phenoxy) is 1. The van der Waals surface area contributed by atoms with Gasteiger partial charge in [0.25, 0.3) is 0 Å². The van der Waals surface area contributed by atoms with Crippen molar-refractivity contribution < 1.29 is 27.8 Å². The largest absolute Gasteiger partial charge is 0.417 e. The molecule has 2 aliphatic rings. The topological polar surface area (TPSA) is 63.5 Å². The Morgan fingerprint density at radius 2 is 1.90 bits per heavy atom. The Kier molecular flexibility index (Phi) is 5.81. The number of hydrogen-bond acceptors (Lipinski definition) is 3. The highest BCUT2D eigenvalue weighted by Crippen LogP contribution is 2.40. The van der Waals surface area contributed by atoms with Gasteiger partial charge in [-0.1, -0.05) is 31.7 Å². The summed E-state index contributed by atoms with van der Waals surface area (Å²) < 4.78 is 47.7. The number of fused-ring (bicyclic) bond motifs is 1. The van der Waals surface area contributed by atoms with Crippen molar-refractivity contribution in [1.29, 1.82) is 0 Å². The molecule has 1 aliphatic heterocycles. The van der Waals surface area contributed by atoms with Crippen molar-refractivity contribution in [2.45, 2.75) is 63.3 Å². The second-order valence-electron chi connectivity index (χ2n) is 8.70. The molecule has 0 spiro atoms. The van der Waals surface area contributed by atoms with E-state index in [0.717, 1.165) is 31.7 Å². The second kappa shape index (κ2) is 8.23. The number of aromatic nitrogens is 1. The molecular weight excluding hydrogens is 397 g/mol. The van der Waals surface area contributed by atoms with Crippen LogP contribution in [-0.2, 0) is 22.3 Å². The molecule has 2 fully saturated rings. The first kappa shape index (κ1) is 21.2. The predicted octanol–water partition coefficient (Wildman–Crippen LogP) is 4.72. The highest BCUT2D eigenvalue weighted by atomic mass is 19.4. The number of benzene rings is 1. The van der Waals surface area contributed by atoms with E-state index in [1.54, 1.807) is 10.6 Å². The minimum atomic E-state index is -4.55. The molecule has 0 radical (unpaired) electrons. The van der Waals surface area contributed by atoms with Gasteiger partial charge in [0.05, 0.1) is 36.5 Å². The number of rotatable bonds is 5. The van der Waals surface area contributed by atoms with E-state index in [0.29, 0.717) is 11.9 Å². The first-order valence-electron chi connectivity index (χ1n) is 10.5. The summed E-state index contributed by atoms with van der Waals surface area (Å²) in [7, 11) is 0. The standard InChI is InChI=1S/C22H27F3N2O3/c23-22(24,25)16-8-5-9-18-20(16)17(11-27(18)12-21(29)13-30-14-21)26-19(28)10-15-6-3-1-2-4-7-15/h5,8-9,11,15,29H,1-4,6-7,10,12-14H2,(H,26,28). The normalized spacial score (nSPS) is 20.0. The number of aliphatic hydroxyl groups is 1.